The average Bonchev–Trinajstić information content (AvgIpc) is 3.19. The zero-order chi connectivity index (χ0) is 12.8. The summed E-state index contributed by atoms with van der Waals surface area (Å²) in [5, 5.41) is 6.70. The van der Waals surface area contributed by atoms with Gasteiger partial charge in [-0.25, -0.2) is 0 Å². The lowest BCUT2D eigenvalue weighted by atomic mass is 10.1. The molecule has 0 atom stereocenters. The van der Waals surface area contributed by atoms with Crippen LogP contribution in [0.5, 0.6) is 0 Å². The molecule has 2 rings (SSSR count). The number of aryl methyl sites for hydroxylation is 1. The van der Waals surface area contributed by atoms with Crippen LogP contribution in [0.2, 0.25) is 0 Å². The van der Waals surface area contributed by atoms with Crippen LogP contribution in [0.25, 0.3) is 0 Å². The third kappa shape index (κ3) is 4.40. The number of nitrogens with zero attached hydrogens (tertiary/aromatic N) is 1. The van der Waals surface area contributed by atoms with Gasteiger partial charge in [-0.2, -0.15) is 0 Å². The van der Waals surface area contributed by atoms with Gasteiger partial charge in [0, 0.05) is 20.1 Å². The Balaban J connectivity index is 1.70. The molecule has 0 radical (unpaired) electrons. The third-order valence-electron chi connectivity index (χ3n) is 3.35. The first-order valence-corrected chi connectivity index (χ1v) is 6.78. The summed E-state index contributed by atoms with van der Waals surface area (Å²) in [5.41, 5.74) is 2.58. The molecule has 1 aromatic carbocycles. The van der Waals surface area contributed by atoms with Crippen LogP contribution in [0, 0.1) is 12.8 Å². The van der Waals surface area contributed by atoms with Crippen molar-refractivity contribution in [2.24, 2.45) is 10.9 Å². The maximum atomic E-state index is 4.23. The minimum atomic E-state index is 0.823. The van der Waals surface area contributed by atoms with Crippen molar-refractivity contribution in [1.29, 1.82) is 0 Å². The average molecular weight is 245 g/mol. The van der Waals surface area contributed by atoms with Crippen molar-refractivity contribution in [3.05, 3.63) is 35.4 Å². The highest BCUT2D eigenvalue weighted by atomic mass is 15.2. The van der Waals surface area contributed by atoms with Crippen molar-refractivity contribution >= 4 is 5.96 Å². The lowest BCUT2D eigenvalue weighted by Gasteiger charge is -2.11. The predicted octanol–water partition coefficient (Wildman–Crippen LogP) is 2.46. The molecule has 1 aliphatic carbocycles. The molecular formula is C15H23N3. The van der Waals surface area contributed by atoms with Crippen LogP contribution in [0.15, 0.2) is 29.3 Å². The topological polar surface area (TPSA) is 36.4 Å². The maximum Gasteiger partial charge on any atom is 0.191 e. The van der Waals surface area contributed by atoms with Crippen LogP contribution in [0.1, 0.15) is 30.4 Å². The van der Waals surface area contributed by atoms with Gasteiger partial charge in [0.25, 0.3) is 0 Å². The largest absolute Gasteiger partial charge is 0.356 e. The molecule has 1 aromatic rings. The molecule has 2 N–H and O–H groups in total. The van der Waals surface area contributed by atoms with E-state index >= 15 is 0 Å². The summed E-state index contributed by atoms with van der Waals surface area (Å²) in [4.78, 5) is 4.23. The Hall–Kier alpha value is -1.51. The van der Waals surface area contributed by atoms with E-state index in [1.807, 2.05) is 7.05 Å². The number of hydrogen-bond acceptors (Lipinski definition) is 1. The lowest BCUT2D eigenvalue weighted by Crippen LogP contribution is -2.37. The first kappa shape index (κ1) is 12.9. The van der Waals surface area contributed by atoms with Gasteiger partial charge in [0.2, 0.25) is 0 Å². The van der Waals surface area contributed by atoms with E-state index in [-0.39, 0.29) is 0 Å². The van der Waals surface area contributed by atoms with Gasteiger partial charge >= 0.3 is 0 Å². The standard InChI is InChI=1S/C15H23N3/c1-12-3-5-14(6-4-12)11-18-15(16-2)17-10-9-13-7-8-13/h3-6,13H,7-11H2,1-2H3,(H2,16,17,18). The molecule has 0 heterocycles. The summed E-state index contributed by atoms with van der Waals surface area (Å²) in [6.07, 6.45) is 4.10. The van der Waals surface area contributed by atoms with Crippen LogP contribution >= 0.6 is 0 Å². The molecule has 1 aliphatic rings. The molecule has 0 amide bonds. The molecule has 0 aromatic heterocycles. The highest BCUT2D eigenvalue weighted by molar-refractivity contribution is 5.79. The third-order valence-corrected chi connectivity index (χ3v) is 3.35. The van der Waals surface area contributed by atoms with Crippen LogP contribution in [0.3, 0.4) is 0 Å². The highest BCUT2D eigenvalue weighted by Crippen LogP contribution is 2.31. The lowest BCUT2D eigenvalue weighted by molar-refractivity contribution is 0.684. The molecule has 0 spiro atoms. The van der Waals surface area contributed by atoms with Gasteiger partial charge in [0.15, 0.2) is 5.96 Å². The van der Waals surface area contributed by atoms with Crippen molar-refractivity contribution in [3.63, 3.8) is 0 Å². The minimum Gasteiger partial charge on any atom is -0.356 e. The zero-order valence-electron chi connectivity index (χ0n) is 11.4. The Kier molecular flexibility index (Phi) is 4.62. The van der Waals surface area contributed by atoms with Gasteiger partial charge in [0.1, 0.15) is 0 Å². The second-order valence-electron chi connectivity index (χ2n) is 5.07. The number of benzene rings is 1. The number of guanidine groups is 1. The quantitative estimate of drug-likeness (QED) is 0.617. The molecule has 0 bridgehead atoms. The number of hydrogen-bond donors (Lipinski definition) is 2. The minimum absolute atomic E-state index is 0.823. The molecule has 0 saturated heterocycles. The van der Waals surface area contributed by atoms with Crippen LogP contribution in [0.4, 0.5) is 0 Å². The second kappa shape index (κ2) is 6.43. The number of rotatable bonds is 5. The van der Waals surface area contributed by atoms with Crippen LogP contribution < -0.4 is 10.6 Å². The maximum absolute atomic E-state index is 4.23. The molecule has 18 heavy (non-hydrogen) atoms. The predicted molar refractivity (Wildman–Crippen MR) is 76.7 cm³/mol. The van der Waals surface area contributed by atoms with E-state index < -0.39 is 0 Å². The van der Waals surface area contributed by atoms with Gasteiger partial charge in [0.05, 0.1) is 0 Å². The van der Waals surface area contributed by atoms with E-state index in [0.29, 0.717) is 0 Å². The fourth-order valence-corrected chi connectivity index (χ4v) is 1.91. The van der Waals surface area contributed by atoms with E-state index in [1.54, 1.807) is 0 Å². The molecule has 98 valence electrons. The van der Waals surface area contributed by atoms with E-state index in [1.165, 1.54) is 30.4 Å². The fraction of sp³-hybridized carbons (Fsp3) is 0.533. The second-order valence-corrected chi connectivity index (χ2v) is 5.07. The smallest absolute Gasteiger partial charge is 0.191 e. The molecule has 0 aliphatic heterocycles. The Morgan fingerprint density at radius 1 is 1.22 bits per heavy atom. The van der Waals surface area contributed by atoms with Crippen molar-refractivity contribution in [2.75, 3.05) is 13.6 Å². The first-order valence-electron chi connectivity index (χ1n) is 6.78. The summed E-state index contributed by atoms with van der Waals surface area (Å²) in [5.74, 6) is 1.86. The SMILES string of the molecule is CN=C(NCCC1CC1)NCc1ccc(C)cc1. The molecule has 3 heteroatoms. The van der Waals surface area contributed by atoms with Gasteiger partial charge in [-0.15, -0.1) is 0 Å². The number of aliphatic imine (C=N–C) groups is 1. The molecule has 1 saturated carbocycles. The monoisotopic (exact) mass is 245 g/mol. The van der Waals surface area contributed by atoms with Crippen LogP contribution in [-0.2, 0) is 6.54 Å². The fourth-order valence-electron chi connectivity index (χ4n) is 1.91. The number of nitrogens with one attached hydrogen (secondary N) is 2. The van der Waals surface area contributed by atoms with Crippen molar-refractivity contribution in [1.82, 2.24) is 10.6 Å². The summed E-state index contributed by atoms with van der Waals surface area (Å²) in [6.45, 7) is 3.96. The Labute approximate surface area is 110 Å². The van der Waals surface area contributed by atoms with E-state index in [2.05, 4.69) is 46.8 Å². The van der Waals surface area contributed by atoms with Crippen molar-refractivity contribution < 1.29 is 0 Å². The first-order chi connectivity index (χ1) is 8.78. The Bertz CT molecular complexity index is 391. The zero-order valence-corrected chi connectivity index (χ0v) is 11.4. The summed E-state index contributed by atoms with van der Waals surface area (Å²) in [7, 11) is 1.82. The van der Waals surface area contributed by atoms with Gasteiger partial charge in [-0.1, -0.05) is 42.7 Å². The van der Waals surface area contributed by atoms with Crippen molar-refractivity contribution in [3.8, 4) is 0 Å². The molecule has 0 unspecified atom stereocenters. The normalized spacial score (nSPS) is 15.6. The highest BCUT2D eigenvalue weighted by Gasteiger charge is 2.20. The van der Waals surface area contributed by atoms with Gasteiger partial charge in [-0.3, -0.25) is 4.99 Å². The van der Waals surface area contributed by atoms with E-state index in [0.717, 1.165) is 25.0 Å². The van der Waals surface area contributed by atoms with Crippen molar-refractivity contribution in [2.45, 2.75) is 32.7 Å². The molecule has 1 fully saturated rings. The van der Waals surface area contributed by atoms with Gasteiger partial charge in [-0.05, 0) is 24.8 Å². The van der Waals surface area contributed by atoms with E-state index in [4.69, 9.17) is 0 Å². The molecular weight excluding hydrogens is 222 g/mol. The summed E-state index contributed by atoms with van der Waals surface area (Å²) >= 11 is 0. The Morgan fingerprint density at radius 3 is 2.56 bits per heavy atom. The molecule has 3 nitrogen and oxygen atoms in total. The van der Waals surface area contributed by atoms with E-state index in [9.17, 15) is 0 Å². The summed E-state index contributed by atoms with van der Waals surface area (Å²) < 4.78 is 0. The summed E-state index contributed by atoms with van der Waals surface area (Å²) in [6, 6.07) is 8.58. The van der Waals surface area contributed by atoms with Gasteiger partial charge < -0.3 is 10.6 Å². The van der Waals surface area contributed by atoms with Crippen LogP contribution in [-0.4, -0.2) is 19.6 Å². The Morgan fingerprint density at radius 2 is 1.94 bits per heavy atom.